The van der Waals surface area contributed by atoms with E-state index in [2.05, 4.69) is 5.32 Å². The number of benzene rings is 2. The largest absolute Gasteiger partial charge is 0.352 e. The average Bonchev–Trinajstić information content (AvgIpc) is 2.73. The molecule has 0 aliphatic rings. The minimum atomic E-state index is -0.479. The lowest BCUT2D eigenvalue weighted by Gasteiger charge is -2.32. The van der Waals surface area contributed by atoms with Crippen LogP contribution in [0.25, 0.3) is 0 Å². The molecular formula is C24H32N2O2S. The van der Waals surface area contributed by atoms with Crippen molar-refractivity contribution < 1.29 is 9.59 Å². The molecule has 2 rings (SSSR count). The summed E-state index contributed by atoms with van der Waals surface area (Å²) >= 11 is 1.51. The van der Waals surface area contributed by atoms with Crippen molar-refractivity contribution in [3.8, 4) is 0 Å². The maximum atomic E-state index is 13.2. The first-order valence-electron chi connectivity index (χ1n) is 10.3. The molecule has 0 spiro atoms. The van der Waals surface area contributed by atoms with E-state index in [9.17, 15) is 9.59 Å². The van der Waals surface area contributed by atoms with Gasteiger partial charge in [-0.2, -0.15) is 0 Å². The van der Waals surface area contributed by atoms with Gasteiger partial charge in [0, 0.05) is 17.5 Å². The van der Waals surface area contributed by atoms with E-state index in [0.717, 1.165) is 22.4 Å². The maximum Gasteiger partial charge on any atom is 0.243 e. The van der Waals surface area contributed by atoms with Crippen LogP contribution >= 0.6 is 11.8 Å². The molecular weight excluding hydrogens is 380 g/mol. The summed E-state index contributed by atoms with van der Waals surface area (Å²) in [5.74, 6) is 0.213. The van der Waals surface area contributed by atoms with E-state index >= 15 is 0 Å². The number of thioether (sulfide) groups is 1. The van der Waals surface area contributed by atoms with Crippen LogP contribution in [0.2, 0.25) is 0 Å². The van der Waals surface area contributed by atoms with Crippen LogP contribution < -0.4 is 5.32 Å². The molecule has 4 nitrogen and oxygen atoms in total. The Kier molecular flexibility index (Phi) is 9.26. The lowest BCUT2D eigenvalue weighted by Crippen LogP contribution is -2.51. The average molecular weight is 413 g/mol. The third kappa shape index (κ3) is 6.93. The highest BCUT2D eigenvalue weighted by atomic mass is 32.2. The van der Waals surface area contributed by atoms with E-state index in [1.807, 2.05) is 82.3 Å². The number of carbonyl (C=O) groups excluding carboxylic acids is 2. The Labute approximate surface area is 179 Å². The SMILES string of the molecule is CC[C@H](C)NC(=O)[C@H](CC)N(Cc1ccccc1C)C(=O)CSc1ccccc1. The number of amides is 2. The van der Waals surface area contributed by atoms with Crippen molar-refractivity contribution in [1.82, 2.24) is 10.2 Å². The molecule has 0 bridgehead atoms. The van der Waals surface area contributed by atoms with Crippen molar-refractivity contribution in [2.24, 2.45) is 0 Å². The molecule has 2 atom stereocenters. The van der Waals surface area contributed by atoms with E-state index in [-0.39, 0.29) is 17.9 Å². The summed E-state index contributed by atoms with van der Waals surface area (Å²) in [6.07, 6.45) is 1.44. The Bertz CT molecular complexity index is 794. The van der Waals surface area contributed by atoms with Gasteiger partial charge in [0.1, 0.15) is 6.04 Å². The van der Waals surface area contributed by atoms with Gasteiger partial charge in [0.25, 0.3) is 0 Å². The Morgan fingerprint density at radius 3 is 2.28 bits per heavy atom. The first-order valence-corrected chi connectivity index (χ1v) is 11.3. The molecule has 0 saturated heterocycles. The summed E-state index contributed by atoms with van der Waals surface area (Å²) in [7, 11) is 0. The molecule has 156 valence electrons. The van der Waals surface area contributed by atoms with E-state index in [1.165, 1.54) is 11.8 Å². The monoisotopic (exact) mass is 412 g/mol. The van der Waals surface area contributed by atoms with Gasteiger partial charge < -0.3 is 10.2 Å². The fourth-order valence-electron chi connectivity index (χ4n) is 3.08. The molecule has 2 amide bonds. The Hall–Kier alpha value is -2.27. The minimum absolute atomic E-state index is 0.0201. The molecule has 0 heterocycles. The molecule has 2 aromatic rings. The third-order valence-electron chi connectivity index (χ3n) is 5.09. The number of hydrogen-bond acceptors (Lipinski definition) is 3. The third-order valence-corrected chi connectivity index (χ3v) is 6.09. The number of hydrogen-bond donors (Lipinski definition) is 1. The van der Waals surface area contributed by atoms with E-state index in [1.54, 1.807) is 4.90 Å². The lowest BCUT2D eigenvalue weighted by atomic mass is 10.1. The van der Waals surface area contributed by atoms with Crippen LogP contribution in [0, 0.1) is 6.92 Å². The fraction of sp³-hybridized carbons (Fsp3) is 0.417. The highest BCUT2D eigenvalue weighted by Gasteiger charge is 2.29. The second kappa shape index (κ2) is 11.7. The van der Waals surface area contributed by atoms with Crippen molar-refractivity contribution in [3.05, 3.63) is 65.7 Å². The summed E-state index contributed by atoms with van der Waals surface area (Å²) in [6.45, 7) is 8.47. The summed E-state index contributed by atoms with van der Waals surface area (Å²) < 4.78 is 0. The van der Waals surface area contributed by atoms with Gasteiger partial charge in [0.2, 0.25) is 11.8 Å². The van der Waals surface area contributed by atoms with Crippen molar-refractivity contribution in [3.63, 3.8) is 0 Å². The highest BCUT2D eigenvalue weighted by Crippen LogP contribution is 2.21. The van der Waals surface area contributed by atoms with Crippen LogP contribution in [0.4, 0.5) is 0 Å². The van der Waals surface area contributed by atoms with E-state index in [0.29, 0.717) is 18.7 Å². The van der Waals surface area contributed by atoms with Crippen molar-refractivity contribution >= 4 is 23.6 Å². The molecule has 29 heavy (non-hydrogen) atoms. The number of carbonyl (C=O) groups is 2. The number of rotatable bonds is 10. The molecule has 0 aromatic heterocycles. The molecule has 1 N–H and O–H groups in total. The van der Waals surface area contributed by atoms with E-state index in [4.69, 9.17) is 0 Å². The molecule has 0 unspecified atom stereocenters. The van der Waals surface area contributed by atoms with Crippen LogP contribution in [0.1, 0.15) is 44.7 Å². The molecule has 0 saturated carbocycles. The Morgan fingerprint density at radius 1 is 1.00 bits per heavy atom. The van der Waals surface area contributed by atoms with Crippen LogP contribution in [0.15, 0.2) is 59.5 Å². The topological polar surface area (TPSA) is 49.4 Å². The molecule has 0 aliphatic carbocycles. The molecule has 0 radical (unpaired) electrons. The smallest absolute Gasteiger partial charge is 0.243 e. The second-order valence-corrected chi connectivity index (χ2v) is 8.34. The van der Waals surface area contributed by atoms with Gasteiger partial charge >= 0.3 is 0 Å². The molecule has 0 fully saturated rings. The standard InChI is InChI=1S/C24H32N2O2S/c1-5-19(4)25-24(28)22(6-2)26(16-20-13-11-10-12-18(20)3)23(27)17-29-21-14-8-7-9-15-21/h7-15,19,22H,5-6,16-17H2,1-4H3,(H,25,28)/t19-,22-/m0/s1. The van der Waals surface area contributed by atoms with Crippen LogP contribution in [-0.2, 0) is 16.1 Å². The molecule has 5 heteroatoms. The van der Waals surface area contributed by atoms with Crippen LogP contribution in [-0.4, -0.2) is 34.6 Å². The van der Waals surface area contributed by atoms with Gasteiger partial charge in [-0.3, -0.25) is 9.59 Å². The van der Waals surface area contributed by atoms with Crippen molar-refractivity contribution in [2.45, 2.75) is 64.1 Å². The first kappa shape index (κ1) is 23.0. The summed E-state index contributed by atoms with van der Waals surface area (Å²) in [4.78, 5) is 28.9. The van der Waals surface area contributed by atoms with Gasteiger partial charge in [0.05, 0.1) is 5.75 Å². The Morgan fingerprint density at radius 2 is 1.66 bits per heavy atom. The maximum absolute atomic E-state index is 13.2. The highest BCUT2D eigenvalue weighted by molar-refractivity contribution is 8.00. The second-order valence-electron chi connectivity index (χ2n) is 7.29. The van der Waals surface area contributed by atoms with E-state index < -0.39 is 6.04 Å². The van der Waals surface area contributed by atoms with Crippen LogP contribution in [0.3, 0.4) is 0 Å². The van der Waals surface area contributed by atoms with Gasteiger partial charge in [0.15, 0.2) is 0 Å². The number of nitrogens with zero attached hydrogens (tertiary/aromatic N) is 1. The predicted octanol–water partition coefficient (Wildman–Crippen LogP) is 4.81. The zero-order chi connectivity index (χ0) is 21.2. The molecule has 0 aliphatic heterocycles. The fourth-order valence-corrected chi connectivity index (χ4v) is 3.88. The summed E-state index contributed by atoms with van der Waals surface area (Å²) in [5.41, 5.74) is 2.19. The van der Waals surface area contributed by atoms with Crippen LogP contribution in [0.5, 0.6) is 0 Å². The lowest BCUT2D eigenvalue weighted by molar-refractivity contribution is -0.139. The van der Waals surface area contributed by atoms with Gasteiger partial charge in [-0.1, -0.05) is 56.3 Å². The minimum Gasteiger partial charge on any atom is -0.352 e. The number of nitrogens with one attached hydrogen (secondary N) is 1. The molecule has 2 aromatic carbocycles. The van der Waals surface area contributed by atoms with Crippen molar-refractivity contribution in [1.29, 1.82) is 0 Å². The first-order chi connectivity index (χ1) is 14.0. The number of aryl methyl sites for hydroxylation is 1. The quantitative estimate of drug-likeness (QED) is 0.570. The predicted molar refractivity (Wildman–Crippen MR) is 121 cm³/mol. The van der Waals surface area contributed by atoms with Gasteiger partial charge in [-0.05, 0) is 49.9 Å². The Balaban J connectivity index is 2.22. The zero-order valence-electron chi connectivity index (χ0n) is 17.9. The van der Waals surface area contributed by atoms with Gasteiger partial charge in [-0.15, -0.1) is 11.8 Å². The summed E-state index contributed by atoms with van der Waals surface area (Å²) in [5, 5.41) is 3.05. The van der Waals surface area contributed by atoms with Gasteiger partial charge in [-0.25, -0.2) is 0 Å². The summed E-state index contributed by atoms with van der Waals surface area (Å²) in [6, 6.07) is 17.5. The van der Waals surface area contributed by atoms with Crippen molar-refractivity contribution in [2.75, 3.05) is 5.75 Å². The normalized spacial score (nSPS) is 12.8. The zero-order valence-corrected chi connectivity index (χ0v) is 18.7.